The van der Waals surface area contributed by atoms with Crippen molar-refractivity contribution in [1.29, 1.82) is 0 Å². The van der Waals surface area contributed by atoms with Crippen molar-refractivity contribution in [2.45, 2.75) is 58.0 Å². The summed E-state index contributed by atoms with van der Waals surface area (Å²) in [4.78, 5) is 37.0. The number of aliphatic hydroxyl groups excluding tert-OH is 2. The lowest BCUT2D eigenvalue weighted by atomic mass is 10.0. The van der Waals surface area contributed by atoms with E-state index in [1.807, 2.05) is 29.2 Å². The first-order valence-corrected chi connectivity index (χ1v) is 15.0. The maximum atomic E-state index is 13.3. The van der Waals surface area contributed by atoms with Gasteiger partial charge in [-0.25, -0.2) is 18.8 Å². The van der Waals surface area contributed by atoms with Crippen molar-refractivity contribution < 1.29 is 43.9 Å². The van der Waals surface area contributed by atoms with Crippen molar-refractivity contribution in [1.82, 2.24) is 15.1 Å². The zero-order chi connectivity index (χ0) is 31.2. The monoisotopic (exact) mass is 703 g/mol. The summed E-state index contributed by atoms with van der Waals surface area (Å²) in [5.74, 6) is -2.48. The van der Waals surface area contributed by atoms with Gasteiger partial charge in [-0.15, -0.1) is 0 Å². The third kappa shape index (κ3) is 12.1. The topological polar surface area (TPSA) is 160 Å². The van der Waals surface area contributed by atoms with E-state index in [1.165, 1.54) is 12.1 Å². The second-order valence-electron chi connectivity index (χ2n) is 10.3. The SMILES string of the molecule is CC(C)COc1ccc(CNC(=O)N(Cc2ccc(F)cc2)C2CCN(CI)CC2)cc1.O=C(O)C(O)C(O)C(=O)O. The molecule has 232 valence electrons. The second kappa shape index (κ2) is 17.8. The number of halogens is 2. The summed E-state index contributed by atoms with van der Waals surface area (Å²) in [6.07, 6.45) is -2.64. The van der Waals surface area contributed by atoms with Gasteiger partial charge in [0.1, 0.15) is 11.6 Å². The highest BCUT2D eigenvalue weighted by molar-refractivity contribution is 14.1. The van der Waals surface area contributed by atoms with Crippen LogP contribution in [0.1, 0.15) is 37.8 Å². The van der Waals surface area contributed by atoms with Crippen molar-refractivity contribution in [3.8, 4) is 5.75 Å². The molecular formula is C29H39FIN3O8. The molecule has 2 amide bonds. The van der Waals surface area contributed by atoms with Gasteiger partial charge in [0.25, 0.3) is 0 Å². The number of benzene rings is 2. The number of carbonyl (C=O) groups is 3. The van der Waals surface area contributed by atoms with Crippen LogP contribution in [0.2, 0.25) is 0 Å². The Morgan fingerprint density at radius 3 is 1.98 bits per heavy atom. The first kappa shape index (κ1) is 35.2. The van der Waals surface area contributed by atoms with Crippen LogP contribution in [0.5, 0.6) is 5.75 Å². The number of nitrogens with zero attached hydrogens (tertiary/aromatic N) is 2. The van der Waals surface area contributed by atoms with Crippen LogP contribution in [0.3, 0.4) is 0 Å². The van der Waals surface area contributed by atoms with E-state index in [2.05, 4.69) is 46.7 Å². The van der Waals surface area contributed by atoms with Gasteiger partial charge in [0.05, 0.1) is 11.2 Å². The van der Waals surface area contributed by atoms with Crippen LogP contribution in [0.25, 0.3) is 0 Å². The Balaban J connectivity index is 0.000000528. The molecule has 0 bridgehead atoms. The van der Waals surface area contributed by atoms with Crippen LogP contribution in [0, 0.1) is 11.7 Å². The molecule has 0 spiro atoms. The molecule has 0 radical (unpaired) electrons. The zero-order valence-electron chi connectivity index (χ0n) is 23.7. The lowest BCUT2D eigenvalue weighted by Gasteiger charge is -2.38. The highest BCUT2D eigenvalue weighted by Gasteiger charge is 2.29. The minimum atomic E-state index is -2.27. The van der Waals surface area contributed by atoms with E-state index in [0.717, 1.165) is 47.4 Å². The highest BCUT2D eigenvalue weighted by atomic mass is 127. The molecule has 5 N–H and O–H groups in total. The molecule has 0 aromatic heterocycles. The van der Waals surface area contributed by atoms with E-state index in [-0.39, 0.29) is 17.9 Å². The number of nitrogens with one attached hydrogen (secondary N) is 1. The summed E-state index contributed by atoms with van der Waals surface area (Å²) in [7, 11) is 0. The predicted molar refractivity (Wildman–Crippen MR) is 162 cm³/mol. The van der Waals surface area contributed by atoms with E-state index in [1.54, 1.807) is 12.1 Å². The van der Waals surface area contributed by atoms with Crippen LogP contribution in [-0.2, 0) is 22.7 Å². The lowest BCUT2D eigenvalue weighted by Crippen LogP contribution is -2.50. The molecule has 0 aliphatic carbocycles. The number of ether oxygens (including phenoxy) is 1. The van der Waals surface area contributed by atoms with Gasteiger partial charge < -0.3 is 35.4 Å². The number of carboxylic acids is 2. The summed E-state index contributed by atoms with van der Waals surface area (Å²) in [6.45, 7) is 7.82. The van der Waals surface area contributed by atoms with E-state index >= 15 is 0 Å². The molecule has 3 rings (SSSR count). The molecule has 13 heteroatoms. The average molecular weight is 704 g/mol. The van der Waals surface area contributed by atoms with E-state index in [9.17, 15) is 18.8 Å². The molecule has 2 unspecified atom stereocenters. The van der Waals surface area contributed by atoms with Crippen molar-refractivity contribution in [3.63, 3.8) is 0 Å². The smallest absolute Gasteiger partial charge is 0.335 e. The van der Waals surface area contributed by atoms with Gasteiger partial charge in [-0.1, -0.05) is 60.7 Å². The Labute approximate surface area is 258 Å². The van der Waals surface area contributed by atoms with Crippen LogP contribution >= 0.6 is 22.6 Å². The van der Waals surface area contributed by atoms with E-state index < -0.39 is 24.1 Å². The highest BCUT2D eigenvalue weighted by Crippen LogP contribution is 2.21. The first-order chi connectivity index (χ1) is 19.9. The lowest BCUT2D eigenvalue weighted by molar-refractivity contribution is -0.165. The number of alkyl halides is 1. The van der Waals surface area contributed by atoms with Crippen LogP contribution in [-0.4, -0.2) is 90.7 Å². The number of hydrogen-bond donors (Lipinski definition) is 5. The fraction of sp³-hybridized carbons (Fsp3) is 0.483. The Hall–Kier alpha value is -3.01. The van der Waals surface area contributed by atoms with Crippen LogP contribution < -0.4 is 10.1 Å². The summed E-state index contributed by atoms with van der Waals surface area (Å²) in [5.41, 5.74) is 1.96. The molecule has 42 heavy (non-hydrogen) atoms. The zero-order valence-corrected chi connectivity index (χ0v) is 25.8. The fourth-order valence-electron chi connectivity index (χ4n) is 4.02. The first-order valence-electron chi connectivity index (χ1n) is 13.5. The second-order valence-corrected chi connectivity index (χ2v) is 11.0. The number of aliphatic carboxylic acids is 2. The van der Waals surface area contributed by atoms with Gasteiger partial charge in [-0.05, 0) is 54.2 Å². The molecule has 1 saturated heterocycles. The molecule has 2 atom stereocenters. The van der Waals surface area contributed by atoms with Gasteiger partial charge >= 0.3 is 18.0 Å². The van der Waals surface area contributed by atoms with Gasteiger partial charge in [0, 0.05) is 32.2 Å². The summed E-state index contributed by atoms with van der Waals surface area (Å²) < 4.78 is 20.1. The third-order valence-corrected chi connectivity index (χ3v) is 7.41. The number of carboxylic acid groups (broad SMARTS) is 2. The Morgan fingerprint density at radius 1 is 0.976 bits per heavy atom. The number of hydrogen-bond acceptors (Lipinski definition) is 7. The van der Waals surface area contributed by atoms with Crippen molar-refractivity contribution >= 4 is 40.6 Å². The Bertz CT molecular complexity index is 1110. The average Bonchev–Trinajstić information content (AvgIpc) is 2.98. The van der Waals surface area contributed by atoms with Gasteiger partial charge in [-0.2, -0.15) is 0 Å². The Morgan fingerprint density at radius 2 is 1.50 bits per heavy atom. The number of likely N-dealkylation sites (tertiary alicyclic amines) is 1. The van der Waals surface area contributed by atoms with Gasteiger partial charge in [-0.3, -0.25) is 4.90 Å². The number of piperidine rings is 1. The molecule has 1 heterocycles. The maximum Gasteiger partial charge on any atom is 0.335 e. The van der Waals surface area contributed by atoms with Crippen LogP contribution in [0.4, 0.5) is 9.18 Å². The summed E-state index contributed by atoms with van der Waals surface area (Å²) in [6, 6.07) is 14.4. The summed E-state index contributed by atoms with van der Waals surface area (Å²) in [5, 5.41) is 35.6. The standard InChI is InChI=1S/C25H33FIN3O2.C4H6O6/c1-19(2)17-32-24-9-5-20(6-10-24)15-28-25(31)30(16-21-3-7-22(26)8-4-21)23-11-13-29(18-27)14-12-23;5-1(3(7)8)2(6)4(9)10/h3-10,19,23H,11-18H2,1-2H3,(H,28,31);1-2,5-6H,(H,7,8)(H,9,10). The number of carbonyl (C=O) groups excluding carboxylic acids is 1. The van der Waals surface area contributed by atoms with E-state index in [4.69, 9.17) is 25.2 Å². The van der Waals surface area contributed by atoms with Crippen molar-refractivity contribution in [2.75, 3.05) is 24.2 Å². The van der Waals surface area contributed by atoms with Crippen LogP contribution in [0.15, 0.2) is 48.5 Å². The summed E-state index contributed by atoms with van der Waals surface area (Å²) >= 11 is 2.38. The minimum Gasteiger partial charge on any atom is -0.493 e. The normalized spacial score (nSPS) is 15.2. The number of rotatable bonds is 12. The van der Waals surface area contributed by atoms with Crippen molar-refractivity contribution in [3.05, 3.63) is 65.5 Å². The predicted octanol–water partition coefficient (Wildman–Crippen LogP) is 3.31. The largest absolute Gasteiger partial charge is 0.493 e. The molecule has 1 aliphatic rings. The van der Waals surface area contributed by atoms with Crippen molar-refractivity contribution in [2.24, 2.45) is 5.92 Å². The van der Waals surface area contributed by atoms with E-state index in [0.29, 0.717) is 25.6 Å². The molecule has 1 fully saturated rings. The molecule has 11 nitrogen and oxygen atoms in total. The number of amides is 2. The Kier molecular flexibility index (Phi) is 14.9. The molecular weight excluding hydrogens is 664 g/mol. The van der Waals surface area contributed by atoms with Gasteiger partial charge in [0.2, 0.25) is 0 Å². The third-order valence-electron chi connectivity index (χ3n) is 6.45. The molecule has 2 aromatic carbocycles. The van der Waals surface area contributed by atoms with Gasteiger partial charge in [0.15, 0.2) is 12.2 Å². The minimum absolute atomic E-state index is 0.0811. The number of aliphatic hydroxyl groups is 2. The maximum absolute atomic E-state index is 13.3. The quantitative estimate of drug-likeness (QED) is 0.127. The molecule has 2 aromatic rings. The molecule has 0 saturated carbocycles. The fourth-order valence-corrected chi connectivity index (χ4v) is 4.70. The number of urea groups is 1. The molecule has 1 aliphatic heterocycles.